The zero-order valence-corrected chi connectivity index (χ0v) is 24.6. The molecule has 1 heterocycles. The molecule has 8 nitrogen and oxygen atoms in total. The highest BCUT2D eigenvalue weighted by molar-refractivity contribution is 6.30. The SMILES string of the molecule is C=C(C1=C(C(=O)OCC)C(c2cccc(Cl)c2)C(C(=O)OC)=C(C)N1)c1cc(CN(CC)CC)c(O)c(OC)c1. The fourth-order valence-electron chi connectivity index (χ4n) is 4.84. The van der Waals surface area contributed by atoms with Crippen molar-refractivity contribution >= 4 is 29.1 Å². The zero-order chi connectivity index (χ0) is 29.6. The highest BCUT2D eigenvalue weighted by Crippen LogP contribution is 2.44. The van der Waals surface area contributed by atoms with E-state index in [2.05, 4.69) is 16.8 Å². The van der Waals surface area contributed by atoms with Crippen LogP contribution in [0.2, 0.25) is 5.02 Å². The number of aromatic hydroxyl groups is 1. The molecule has 0 fully saturated rings. The lowest BCUT2D eigenvalue weighted by Gasteiger charge is -2.32. The third-order valence-corrected chi connectivity index (χ3v) is 7.19. The maximum Gasteiger partial charge on any atom is 0.337 e. The normalized spacial score (nSPS) is 15.2. The summed E-state index contributed by atoms with van der Waals surface area (Å²) in [6.07, 6.45) is 0. The number of phenolic OH excluding ortho intramolecular Hbond substituents is 1. The van der Waals surface area contributed by atoms with E-state index in [4.69, 9.17) is 25.8 Å². The molecule has 214 valence electrons. The van der Waals surface area contributed by atoms with E-state index in [0.29, 0.717) is 45.2 Å². The average Bonchev–Trinajstić information content (AvgIpc) is 2.95. The Labute approximate surface area is 240 Å². The molecule has 1 unspecified atom stereocenters. The van der Waals surface area contributed by atoms with Gasteiger partial charge < -0.3 is 24.6 Å². The van der Waals surface area contributed by atoms with E-state index >= 15 is 0 Å². The van der Waals surface area contributed by atoms with Gasteiger partial charge in [-0.2, -0.15) is 0 Å². The van der Waals surface area contributed by atoms with E-state index in [1.165, 1.54) is 14.2 Å². The summed E-state index contributed by atoms with van der Waals surface area (Å²) >= 11 is 6.34. The Morgan fingerprint density at radius 1 is 1.07 bits per heavy atom. The van der Waals surface area contributed by atoms with Gasteiger partial charge >= 0.3 is 11.9 Å². The van der Waals surface area contributed by atoms with Crippen molar-refractivity contribution in [2.45, 2.75) is 40.2 Å². The van der Waals surface area contributed by atoms with Gasteiger partial charge in [0.05, 0.1) is 43.6 Å². The molecule has 0 spiro atoms. The number of nitrogens with one attached hydrogen (secondary N) is 1. The molecule has 9 heteroatoms. The van der Waals surface area contributed by atoms with E-state index in [1.54, 1.807) is 44.2 Å². The van der Waals surface area contributed by atoms with Gasteiger partial charge in [0, 0.05) is 22.8 Å². The summed E-state index contributed by atoms with van der Waals surface area (Å²) in [5, 5.41) is 14.6. The Kier molecular flexibility index (Phi) is 10.4. The topological polar surface area (TPSA) is 97.3 Å². The minimum atomic E-state index is -0.840. The number of esters is 2. The predicted molar refractivity (Wildman–Crippen MR) is 156 cm³/mol. The van der Waals surface area contributed by atoms with E-state index < -0.39 is 17.9 Å². The lowest BCUT2D eigenvalue weighted by atomic mass is 9.78. The molecule has 0 amide bonds. The van der Waals surface area contributed by atoms with Crippen LogP contribution in [0.4, 0.5) is 0 Å². The largest absolute Gasteiger partial charge is 0.504 e. The summed E-state index contributed by atoms with van der Waals surface area (Å²) < 4.78 is 16.1. The number of hydrogen-bond donors (Lipinski definition) is 2. The van der Waals surface area contributed by atoms with E-state index in [9.17, 15) is 14.7 Å². The Balaban J connectivity index is 2.30. The monoisotopic (exact) mass is 568 g/mol. The van der Waals surface area contributed by atoms with E-state index in [-0.39, 0.29) is 29.3 Å². The van der Waals surface area contributed by atoms with Gasteiger partial charge in [-0.15, -0.1) is 0 Å². The molecule has 3 rings (SSSR count). The molecule has 1 aliphatic heterocycles. The number of rotatable bonds is 11. The molecule has 40 heavy (non-hydrogen) atoms. The maximum atomic E-state index is 13.6. The van der Waals surface area contributed by atoms with Crippen molar-refractivity contribution < 1.29 is 28.9 Å². The number of carbonyl (C=O) groups excluding carboxylic acids is 2. The van der Waals surface area contributed by atoms with Crippen molar-refractivity contribution in [3.63, 3.8) is 0 Å². The van der Waals surface area contributed by atoms with Crippen LogP contribution in [-0.4, -0.2) is 55.9 Å². The molecular weight excluding hydrogens is 532 g/mol. The van der Waals surface area contributed by atoms with Gasteiger partial charge in [-0.25, -0.2) is 9.59 Å². The molecule has 1 aliphatic rings. The third kappa shape index (κ3) is 6.35. The van der Waals surface area contributed by atoms with Gasteiger partial charge in [-0.05, 0) is 67.9 Å². The first-order chi connectivity index (χ1) is 19.1. The van der Waals surface area contributed by atoms with E-state index in [1.807, 2.05) is 19.9 Å². The molecule has 0 aliphatic carbocycles. The van der Waals surface area contributed by atoms with Crippen LogP contribution < -0.4 is 10.1 Å². The highest BCUT2D eigenvalue weighted by Gasteiger charge is 2.39. The Morgan fingerprint density at radius 3 is 2.35 bits per heavy atom. The minimum absolute atomic E-state index is 0.0445. The van der Waals surface area contributed by atoms with Crippen LogP contribution >= 0.6 is 11.6 Å². The first-order valence-corrected chi connectivity index (χ1v) is 13.5. The molecule has 2 N–H and O–H groups in total. The number of methoxy groups -OCH3 is 2. The van der Waals surface area contributed by atoms with Gasteiger partial charge in [0.25, 0.3) is 0 Å². The summed E-state index contributed by atoms with van der Waals surface area (Å²) in [7, 11) is 2.77. The van der Waals surface area contributed by atoms with Crippen LogP contribution in [0.5, 0.6) is 11.5 Å². The van der Waals surface area contributed by atoms with Crippen molar-refractivity contribution in [3.05, 3.63) is 87.2 Å². The van der Waals surface area contributed by atoms with Crippen LogP contribution in [-0.2, 0) is 25.6 Å². The Bertz CT molecular complexity index is 1360. The summed E-state index contributed by atoms with van der Waals surface area (Å²) in [5.74, 6) is -1.72. The summed E-state index contributed by atoms with van der Waals surface area (Å²) in [6, 6.07) is 10.5. The van der Waals surface area contributed by atoms with Crippen molar-refractivity contribution in [1.29, 1.82) is 0 Å². The Hall–Kier alpha value is -3.75. The van der Waals surface area contributed by atoms with Gasteiger partial charge in [-0.1, -0.05) is 44.2 Å². The number of hydrogen-bond acceptors (Lipinski definition) is 8. The fourth-order valence-corrected chi connectivity index (χ4v) is 5.04. The highest BCUT2D eigenvalue weighted by atomic mass is 35.5. The number of carbonyl (C=O) groups is 2. The summed E-state index contributed by atoms with van der Waals surface area (Å²) in [6.45, 7) is 14.1. The molecular formula is C31H37ClN2O6. The molecule has 0 saturated carbocycles. The summed E-state index contributed by atoms with van der Waals surface area (Å²) in [4.78, 5) is 28.8. The lowest BCUT2D eigenvalue weighted by Crippen LogP contribution is -2.33. The molecule has 0 radical (unpaired) electrons. The van der Waals surface area contributed by atoms with Crippen LogP contribution in [0.15, 0.2) is 65.5 Å². The maximum absolute atomic E-state index is 13.6. The van der Waals surface area contributed by atoms with Gasteiger partial charge in [-0.3, -0.25) is 4.90 Å². The minimum Gasteiger partial charge on any atom is -0.504 e. The lowest BCUT2D eigenvalue weighted by molar-refractivity contribution is -0.139. The summed E-state index contributed by atoms with van der Waals surface area (Å²) in [5.41, 5.74) is 3.69. The number of phenols is 1. The molecule has 2 aromatic rings. The number of halogens is 1. The smallest absolute Gasteiger partial charge is 0.337 e. The number of allylic oxidation sites excluding steroid dienone is 2. The van der Waals surface area contributed by atoms with Gasteiger partial charge in [0.2, 0.25) is 0 Å². The predicted octanol–water partition coefficient (Wildman–Crippen LogP) is 5.56. The van der Waals surface area contributed by atoms with Crippen LogP contribution in [0.25, 0.3) is 5.57 Å². The molecule has 0 bridgehead atoms. The number of dihydropyridines is 1. The van der Waals surface area contributed by atoms with Crippen molar-refractivity contribution in [2.24, 2.45) is 0 Å². The van der Waals surface area contributed by atoms with Crippen molar-refractivity contribution in [2.75, 3.05) is 33.9 Å². The number of benzene rings is 2. The fraction of sp³-hybridized carbons (Fsp3) is 0.355. The molecule has 0 saturated heterocycles. The van der Waals surface area contributed by atoms with Crippen LogP contribution in [0.3, 0.4) is 0 Å². The first kappa shape index (κ1) is 30.8. The third-order valence-electron chi connectivity index (χ3n) is 6.96. The Morgan fingerprint density at radius 2 is 1.77 bits per heavy atom. The van der Waals surface area contributed by atoms with Crippen LogP contribution in [0, 0.1) is 0 Å². The second-order valence-electron chi connectivity index (χ2n) is 9.28. The van der Waals surface area contributed by atoms with Crippen molar-refractivity contribution in [1.82, 2.24) is 10.2 Å². The average molecular weight is 569 g/mol. The second kappa shape index (κ2) is 13.5. The molecule has 2 aromatic carbocycles. The van der Waals surface area contributed by atoms with E-state index in [0.717, 1.165) is 13.1 Å². The van der Waals surface area contributed by atoms with Gasteiger partial charge in [0.15, 0.2) is 11.5 Å². The quantitative estimate of drug-likeness (QED) is 0.340. The van der Waals surface area contributed by atoms with Crippen LogP contribution in [0.1, 0.15) is 50.3 Å². The van der Waals surface area contributed by atoms with Crippen molar-refractivity contribution in [3.8, 4) is 11.5 Å². The number of ether oxygens (including phenoxy) is 3. The van der Waals surface area contributed by atoms with Gasteiger partial charge in [0.1, 0.15) is 0 Å². The standard InChI is InChI=1S/C31H37ClN2O6/c1-8-34(9-2)17-22-14-21(16-24(38-6)29(22)35)18(4)28-27(31(37)40-10-3)26(20-12-11-13-23(32)15-20)25(19(5)33-28)30(36)39-7/h11-16,26,33,35H,4,8-10,17H2,1-3,5-7H3. The zero-order valence-electron chi connectivity index (χ0n) is 23.9. The number of nitrogens with zero attached hydrogens (tertiary/aromatic N) is 1. The molecule has 1 atom stereocenters. The molecule has 0 aromatic heterocycles. The second-order valence-corrected chi connectivity index (χ2v) is 9.72. The first-order valence-electron chi connectivity index (χ1n) is 13.2.